The van der Waals surface area contributed by atoms with E-state index in [1.165, 1.54) is 18.5 Å². The van der Waals surface area contributed by atoms with E-state index in [1.807, 2.05) is 6.07 Å². The van der Waals surface area contributed by atoms with Gasteiger partial charge in [-0.3, -0.25) is 14.6 Å². The van der Waals surface area contributed by atoms with E-state index in [-0.39, 0.29) is 43.9 Å². The summed E-state index contributed by atoms with van der Waals surface area (Å²) in [5.41, 5.74) is 9.21. The Hall–Kier alpha value is -4.11. The van der Waals surface area contributed by atoms with Crippen LogP contribution in [0.25, 0.3) is 28.3 Å². The van der Waals surface area contributed by atoms with Gasteiger partial charge in [-0.1, -0.05) is 11.6 Å². The Labute approximate surface area is 228 Å². The lowest BCUT2D eigenvalue weighted by Crippen LogP contribution is -2.28. The van der Waals surface area contributed by atoms with Crippen molar-refractivity contribution in [3.8, 4) is 11.3 Å². The Bertz CT molecular complexity index is 1540. The maximum atomic E-state index is 13.5. The fraction of sp³-hybridized carbons (Fsp3) is 0.241. The molecule has 39 heavy (non-hydrogen) atoms. The van der Waals surface area contributed by atoms with Crippen molar-refractivity contribution in [2.75, 3.05) is 5.73 Å². The fourth-order valence-electron chi connectivity index (χ4n) is 4.61. The zero-order valence-corrected chi connectivity index (χ0v) is 21.6. The topological polar surface area (TPSA) is 111 Å². The van der Waals surface area contributed by atoms with Crippen LogP contribution in [0.1, 0.15) is 47.2 Å². The largest absolute Gasteiger partial charge is 0.462 e. The smallest absolute Gasteiger partial charge is 0.248 e. The molecule has 1 fully saturated rings. The first-order chi connectivity index (χ1) is 18.7. The van der Waals surface area contributed by atoms with Crippen molar-refractivity contribution in [1.29, 1.82) is 0 Å². The van der Waals surface area contributed by atoms with Gasteiger partial charge in [0.05, 0.1) is 17.0 Å². The number of aromatic nitrogens is 2. The van der Waals surface area contributed by atoms with Crippen molar-refractivity contribution >= 4 is 46.2 Å². The van der Waals surface area contributed by atoms with Gasteiger partial charge in [-0.25, -0.2) is 13.8 Å². The van der Waals surface area contributed by atoms with Gasteiger partial charge in [0.1, 0.15) is 5.82 Å². The van der Waals surface area contributed by atoms with Gasteiger partial charge in [-0.05, 0) is 60.9 Å². The lowest BCUT2D eigenvalue weighted by Gasteiger charge is -2.27. The number of carbonyl (C=O) groups is 2. The van der Waals surface area contributed by atoms with Gasteiger partial charge in [0.2, 0.25) is 11.8 Å². The number of furan rings is 1. The highest BCUT2D eigenvalue weighted by atomic mass is 35.5. The minimum Gasteiger partial charge on any atom is -0.462 e. The standard InChI is InChI=1S/C29H25ClF2N4O3/c30-23-12-20(24-4-3-19(14-34-24)27(38)18-7-9-29(31,32)10-8-18)11-22-21(16-39-28(22)23)15-36-26(37)6-2-17-1-5-25(33)35-13-17/h1-6,11-14,16,18H,7-10,15H2,(H2,33,35)(H,36,37)/b6-2+. The molecule has 0 spiro atoms. The predicted octanol–water partition coefficient (Wildman–Crippen LogP) is 6.46. The molecule has 1 aliphatic rings. The molecule has 200 valence electrons. The molecule has 0 atom stereocenters. The quantitative estimate of drug-likeness (QED) is 0.202. The zero-order valence-electron chi connectivity index (χ0n) is 20.8. The monoisotopic (exact) mass is 550 g/mol. The predicted molar refractivity (Wildman–Crippen MR) is 145 cm³/mol. The second-order valence-corrected chi connectivity index (χ2v) is 10.00. The third-order valence-electron chi connectivity index (χ3n) is 6.83. The van der Waals surface area contributed by atoms with Gasteiger partial charge in [0.15, 0.2) is 11.4 Å². The SMILES string of the molecule is Nc1ccc(/C=C/C(=O)NCc2coc3c(Cl)cc(-c4ccc(C(=O)C5CCC(F)(F)CC5)cn4)cc23)cn1. The minimum atomic E-state index is -2.68. The van der Waals surface area contributed by atoms with Crippen LogP contribution in [0.2, 0.25) is 5.02 Å². The van der Waals surface area contributed by atoms with E-state index in [4.69, 9.17) is 21.8 Å². The molecule has 1 amide bonds. The number of hydrogen-bond donors (Lipinski definition) is 2. The lowest BCUT2D eigenvalue weighted by atomic mass is 9.82. The second kappa shape index (κ2) is 10.9. The molecule has 10 heteroatoms. The number of alkyl halides is 2. The first-order valence-corrected chi connectivity index (χ1v) is 12.8. The molecule has 3 aromatic heterocycles. The summed E-state index contributed by atoms with van der Waals surface area (Å²) in [5.74, 6) is -3.16. The van der Waals surface area contributed by atoms with E-state index in [0.29, 0.717) is 33.2 Å². The summed E-state index contributed by atoms with van der Waals surface area (Å²) < 4.78 is 32.6. The molecular formula is C29H25ClF2N4O3. The summed E-state index contributed by atoms with van der Waals surface area (Å²) in [5, 5.41) is 3.91. The molecule has 1 aliphatic carbocycles. The van der Waals surface area contributed by atoms with Crippen LogP contribution in [0, 0.1) is 5.92 Å². The highest BCUT2D eigenvalue weighted by molar-refractivity contribution is 6.35. The number of benzene rings is 1. The third kappa shape index (κ3) is 6.15. The lowest BCUT2D eigenvalue weighted by molar-refractivity contribution is -0.116. The second-order valence-electron chi connectivity index (χ2n) is 9.59. The molecule has 4 aromatic rings. The molecular weight excluding hydrogens is 526 g/mol. The number of hydrogen-bond acceptors (Lipinski definition) is 6. The van der Waals surface area contributed by atoms with Gasteiger partial charge in [-0.15, -0.1) is 0 Å². The van der Waals surface area contributed by atoms with Crippen molar-refractivity contribution in [2.24, 2.45) is 5.92 Å². The summed E-state index contributed by atoms with van der Waals surface area (Å²) in [7, 11) is 0. The van der Waals surface area contributed by atoms with Gasteiger partial charge < -0.3 is 15.5 Å². The van der Waals surface area contributed by atoms with E-state index in [2.05, 4.69) is 15.3 Å². The Morgan fingerprint density at radius 3 is 2.62 bits per heavy atom. The van der Waals surface area contributed by atoms with E-state index >= 15 is 0 Å². The number of pyridine rings is 2. The van der Waals surface area contributed by atoms with E-state index in [1.54, 1.807) is 42.6 Å². The summed E-state index contributed by atoms with van der Waals surface area (Å²) in [6.45, 7) is 0.206. The maximum Gasteiger partial charge on any atom is 0.248 e. The highest BCUT2D eigenvalue weighted by Gasteiger charge is 2.37. The molecule has 1 saturated carbocycles. The van der Waals surface area contributed by atoms with Crippen molar-refractivity contribution in [2.45, 2.75) is 38.2 Å². The summed E-state index contributed by atoms with van der Waals surface area (Å²) in [6, 6.07) is 10.3. The Kier molecular flexibility index (Phi) is 7.43. The Morgan fingerprint density at radius 1 is 1.13 bits per heavy atom. The molecule has 7 nitrogen and oxygen atoms in total. The first-order valence-electron chi connectivity index (χ1n) is 12.4. The average molecular weight is 551 g/mol. The van der Waals surface area contributed by atoms with Gasteiger partial charge in [0, 0.05) is 65.9 Å². The summed E-state index contributed by atoms with van der Waals surface area (Å²) in [4.78, 5) is 33.5. The molecule has 0 saturated heterocycles. The van der Waals surface area contributed by atoms with Crippen LogP contribution in [0.5, 0.6) is 0 Å². The van der Waals surface area contributed by atoms with Crippen LogP contribution in [-0.4, -0.2) is 27.6 Å². The van der Waals surface area contributed by atoms with Gasteiger partial charge in [0.25, 0.3) is 0 Å². The number of anilines is 1. The van der Waals surface area contributed by atoms with Crippen molar-refractivity contribution in [3.63, 3.8) is 0 Å². The molecule has 0 bridgehead atoms. The number of halogens is 3. The number of nitrogen functional groups attached to an aromatic ring is 1. The number of amides is 1. The number of nitrogens with zero attached hydrogens (tertiary/aromatic N) is 2. The van der Waals surface area contributed by atoms with Crippen LogP contribution in [0.4, 0.5) is 14.6 Å². The maximum absolute atomic E-state index is 13.5. The zero-order chi connectivity index (χ0) is 27.6. The van der Waals surface area contributed by atoms with E-state index in [9.17, 15) is 18.4 Å². The molecule has 0 unspecified atom stereocenters. The van der Waals surface area contributed by atoms with E-state index in [0.717, 1.165) is 16.5 Å². The number of carbonyl (C=O) groups excluding carboxylic acids is 2. The molecule has 3 heterocycles. The molecule has 5 rings (SSSR count). The number of nitrogens with two attached hydrogens (primary N) is 1. The normalized spacial score (nSPS) is 15.6. The molecule has 3 N–H and O–H groups in total. The number of fused-ring (bicyclic) bond motifs is 1. The Morgan fingerprint density at radius 2 is 1.92 bits per heavy atom. The third-order valence-corrected chi connectivity index (χ3v) is 7.11. The number of Topliss-reactive ketones (excluding diaryl/α,β-unsaturated/α-hetero) is 1. The first kappa shape index (κ1) is 26.5. The average Bonchev–Trinajstić information content (AvgIpc) is 3.35. The molecule has 0 aliphatic heterocycles. The van der Waals surface area contributed by atoms with Crippen molar-refractivity contribution in [1.82, 2.24) is 15.3 Å². The van der Waals surface area contributed by atoms with Crippen LogP contribution >= 0.6 is 11.6 Å². The fourth-order valence-corrected chi connectivity index (χ4v) is 4.87. The molecule has 0 radical (unpaired) electrons. The van der Waals surface area contributed by atoms with Crippen LogP contribution < -0.4 is 11.1 Å². The minimum absolute atomic E-state index is 0.160. The Balaban J connectivity index is 1.28. The molecule has 1 aromatic carbocycles. The van der Waals surface area contributed by atoms with Crippen molar-refractivity contribution in [3.05, 3.63) is 82.8 Å². The highest BCUT2D eigenvalue weighted by Crippen LogP contribution is 2.38. The number of rotatable bonds is 7. The van der Waals surface area contributed by atoms with Gasteiger partial charge in [-0.2, -0.15) is 0 Å². The summed E-state index contributed by atoms with van der Waals surface area (Å²) >= 11 is 6.47. The van der Waals surface area contributed by atoms with Crippen molar-refractivity contribution < 1.29 is 22.8 Å². The van der Waals surface area contributed by atoms with Crippen LogP contribution in [0.3, 0.4) is 0 Å². The number of nitrogens with one attached hydrogen (secondary N) is 1. The number of ketones is 1. The van der Waals surface area contributed by atoms with Crippen LogP contribution in [-0.2, 0) is 11.3 Å². The van der Waals surface area contributed by atoms with Gasteiger partial charge >= 0.3 is 0 Å². The van der Waals surface area contributed by atoms with E-state index < -0.39 is 11.8 Å². The van der Waals surface area contributed by atoms with Crippen LogP contribution in [0.15, 0.2) is 65.5 Å². The summed E-state index contributed by atoms with van der Waals surface area (Å²) in [6.07, 6.45) is 7.43.